The van der Waals surface area contributed by atoms with Gasteiger partial charge in [0.05, 0.1) is 4.92 Å². The Bertz CT molecular complexity index is 400. The number of benzene rings is 1. The fraction of sp³-hybridized carbons (Fsp3) is 0.300. The molecule has 0 saturated heterocycles. The van der Waals surface area contributed by atoms with Crippen LogP contribution in [0.25, 0.3) is 0 Å². The molecule has 0 bridgehead atoms. The van der Waals surface area contributed by atoms with E-state index in [9.17, 15) is 14.9 Å². The maximum absolute atomic E-state index is 11.2. The molecule has 1 N–H and O–H groups in total. The first-order valence-electron chi connectivity index (χ1n) is 4.51. The van der Waals surface area contributed by atoms with Crippen LogP contribution in [0.3, 0.4) is 0 Å². The smallest absolute Gasteiger partial charge is 0.270 e. The highest BCUT2D eigenvalue weighted by Gasteiger charge is 2.12. The highest BCUT2D eigenvalue weighted by molar-refractivity contribution is 5.97. The van der Waals surface area contributed by atoms with Crippen molar-refractivity contribution in [1.82, 2.24) is 0 Å². The monoisotopic (exact) mass is 209 g/mol. The molecule has 0 heterocycles. The summed E-state index contributed by atoms with van der Waals surface area (Å²) in [5, 5.41) is 19.2. The fourth-order valence-electron chi connectivity index (χ4n) is 1.24. The predicted octanol–water partition coefficient (Wildman–Crippen LogP) is 1.33. The zero-order chi connectivity index (χ0) is 11.4. The zero-order valence-corrected chi connectivity index (χ0v) is 8.27. The second-order valence-electron chi connectivity index (χ2n) is 3.08. The number of aliphatic hydroxyl groups is 1. The van der Waals surface area contributed by atoms with Gasteiger partial charge < -0.3 is 5.11 Å². The first-order chi connectivity index (χ1) is 7.08. The number of aliphatic hydroxyl groups excluding tert-OH is 1. The van der Waals surface area contributed by atoms with E-state index in [-0.39, 0.29) is 11.3 Å². The van der Waals surface area contributed by atoms with Gasteiger partial charge in [0.25, 0.3) is 5.69 Å². The third-order valence-corrected chi connectivity index (χ3v) is 2.06. The summed E-state index contributed by atoms with van der Waals surface area (Å²) >= 11 is 0. The molecule has 0 unspecified atom stereocenters. The van der Waals surface area contributed by atoms with Gasteiger partial charge in [0.2, 0.25) is 0 Å². The maximum Gasteiger partial charge on any atom is 0.270 e. The molecule has 0 aliphatic carbocycles. The lowest BCUT2D eigenvalue weighted by Crippen LogP contribution is -2.05. The third-order valence-electron chi connectivity index (χ3n) is 2.06. The van der Waals surface area contributed by atoms with Crippen molar-refractivity contribution in [3.05, 3.63) is 39.4 Å². The molecule has 80 valence electrons. The second kappa shape index (κ2) is 4.65. The van der Waals surface area contributed by atoms with Gasteiger partial charge in [-0.25, -0.2) is 0 Å². The molecule has 0 atom stereocenters. The molecule has 5 nitrogen and oxygen atoms in total. The molecule has 0 aliphatic rings. The van der Waals surface area contributed by atoms with Gasteiger partial charge in [-0.3, -0.25) is 14.9 Å². The zero-order valence-electron chi connectivity index (χ0n) is 8.27. The summed E-state index contributed by atoms with van der Waals surface area (Å²) in [7, 11) is 0. The van der Waals surface area contributed by atoms with Crippen LogP contribution in [0.5, 0.6) is 0 Å². The van der Waals surface area contributed by atoms with Crippen LogP contribution in [0, 0.1) is 10.1 Å². The Morgan fingerprint density at radius 1 is 1.47 bits per heavy atom. The standard InChI is InChI=1S/C10H11NO4/c1-2-7-3-8(10(13)6-12)5-9(4-7)11(14)15/h3-5,12H,2,6H2,1H3. The van der Waals surface area contributed by atoms with Crippen LogP contribution in [0.1, 0.15) is 22.8 Å². The van der Waals surface area contributed by atoms with E-state index in [4.69, 9.17) is 5.11 Å². The SMILES string of the molecule is CCc1cc(C(=O)CO)cc([N+](=O)[O-])c1. The van der Waals surface area contributed by atoms with E-state index < -0.39 is 17.3 Å². The molecule has 1 aromatic rings. The van der Waals surface area contributed by atoms with Gasteiger partial charge in [0, 0.05) is 17.7 Å². The lowest BCUT2D eigenvalue weighted by molar-refractivity contribution is -0.384. The van der Waals surface area contributed by atoms with Crippen molar-refractivity contribution in [2.75, 3.05) is 6.61 Å². The highest BCUT2D eigenvalue weighted by Crippen LogP contribution is 2.18. The van der Waals surface area contributed by atoms with Crippen molar-refractivity contribution < 1.29 is 14.8 Å². The molecule has 0 fully saturated rings. The normalized spacial score (nSPS) is 10.0. The molecule has 0 aromatic heterocycles. The average molecular weight is 209 g/mol. The number of nitro benzene ring substituents is 1. The number of nitrogens with zero attached hydrogens (tertiary/aromatic N) is 1. The van der Waals surface area contributed by atoms with Crippen LogP contribution < -0.4 is 0 Å². The van der Waals surface area contributed by atoms with E-state index in [0.29, 0.717) is 12.0 Å². The van der Waals surface area contributed by atoms with Gasteiger partial charge in [-0.1, -0.05) is 6.92 Å². The molecular formula is C10H11NO4. The Balaban J connectivity index is 3.23. The first-order valence-corrected chi connectivity index (χ1v) is 4.51. The van der Waals surface area contributed by atoms with E-state index >= 15 is 0 Å². The number of nitro groups is 1. The largest absolute Gasteiger partial charge is 0.388 e. The summed E-state index contributed by atoms with van der Waals surface area (Å²) in [4.78, 5) is 21.2. The lowest BCUT2D eigenvalue weighted by atomic mass is 10.0. The van der Waals surface area contributed by atoms with Crippen LogP contribution in [0.15, 0.2) is 18.2 Å². The number of ketones is 1. The van der Waals surface area contributed by atoms with Crippen molar-refractivity contribution in [1.29, 1.82) is 0 Å². The summed E-state index contributed by atoms with van der Waals surface area (Å²) in [5.74, 6) is -0.506. The number of hydrogen-bond acceptors (Lipinski definition) is 4. The summed E-state index contributed by atoms with van der Waals surface area (Å²) in [6, 6.07) is 4.16. The molecule has 1 rings (SSSR count). The summed E-state index contributed by atoms with van der Waals surface area (Å²) in [6.07, 6.45) is 0.605. The summed E-state index contributed by atoms with van der Waals surface area (Å²) in [6.45, 7) is 1.20. The van der Waals surface area contributed by atoms with E-state index in [2.05, 4.69) is 0 Å². The first kappa shape index (κ1) is 11.3. The molecule has 0 aliphatic heterocycles. The Kier molecular flexibility index (Phi) is 3.51. The lowest BCUT2D eigenvalue weighted by Gasteiger charge is -2.01. The number of hydrogen-bond donors (Lipinski definition) is 1. The number of Topliss-reactive ketones (excluding diaryl/α,β-unsaturated/α-hetero) is 1. The van der Waals surface area contributed by atoms with E-state index in [0.717, 1.165) is 0 Å². The average Bonchev–Trinajstić information content (AvgIpc) is 2.27. The van der Waals surface area contributed by atoms with E-state index in [1.165, 1.54) is 12.1 Å². The summed E-state index contributed by atoms with van der Waals surface area (Å²) in [5.41, 5.74) is 0.774. The molecule has 5 heteroatoms. The van der Waals surface area contributed by atoms with Gasteiger partial charge >= 0.3 is 0 Å². The van der Waals surface area contributed by atoms with Crippen LogP contribution in [0.4, 0.5) is 5.69 Å². The van der Waals surface area contributed by atoms with Gasteiger partial charge in [-0.15, -0.1) is 0 Å². The fourth-order valence-corrected chi connectivity index (χ4v) is 1.24. The Morgan fingerprint density at radius 3 is 2.60 bits per heavy atom. The van der Waals surface area contributed by atoms with Crippen LogP contribution in [-0.2, 0) is 6.42 Å². The quantitative estimate of drug-likeness (QED) is 0.461. The summed E-state index contributed by atoms with van der Waals surface area (Å²) < 4.78 is 0. The minimum Gasteiger partial charge on any atom is -0.388 e. The van der Waals surface area contributed by atoms with E-state index in [1.807, 2.05) is 6.92 Å². The number of carbonyl (C=O) groups is 1. The Hall–Kier alpha value is -1.75. The van der Waals surface area contributed by atoms with Crippen molar-refractivity contribution in [2.45, 2.75) is 13.3 Å². The topological polar surface area (TPSA) is 80.4 Å². The minimum atomic E-state index is -0.635. The number of aryl methyl sites for hydroxylation is 1. The Morgan fingerprint density at radius 2 is 2.13 bits per heavy atom. The highest BCUT2D eigenvalue weighted by atomic mass is 16.6. The number of non-ortho nitro benzene ring substituents is 1. The van der Waals surface area contributed by atoms with Gasteiger partial charge in [0.1, 0.15) is 6.61 Å². The second-order valence-corrected chi connectivity index (χ2v) is 3.08. The minimum absolute atomic E-state index is 0.119. The molecule has 0 amide bonds. The molecule has 1 aromatic carbocycles. The molecule has 0 saturated carbocycles. The number of rotatable bonds is 4. The van der Waals surface area contributed by atoms with Crippen molar-refractivity contribution in [2.24, 2.45) is 0 Å². The maximum atomic E-state index is 11.2. The van der Waals surface area contributed by atoms with Crippen molar-refractivity contribution in [3.63, 3.8) is 0 Å². The third kappa shape index (κ3) is 2.60. The molecular weight excluding hydrogens is 198 g/mol. The molecule has 0 radical (unpaired) electrons. The molecule has 0 spiro atoms. The van der Waals surface area contributed by atoms with Crippen LogP contribution in [0.2, 0.25) is 0 Å². The van der Waals surface area contributed by atoms with Crippen molar-refractivity contribution in [3.8, 4) is 0 Å². The van der Waals surface area contributed by atoms with Gasteiger partial charge in [-0.05, 0) is 18.1 Å². The number of carbonyl (C=O) groups excluding carboxylic acids is 1. The Labute approximate surface area is 86.5 Å². The predicted molar refractivity (Wildman–Crippen MR) is 53.9 cm³/mol. The molecule has 15 heavy (non-hydrogen) atoms. The van der Waals surface area contributed by atoms with Crippen LogP contribution in [-0.4, -0.2) is 22.4 Å². The van der Waals surface area contributed by atoms with E-state index in [1.54, 1.807) is 6.07 Å². The van der Waals surface area contributed by atoms with Gasteiger partial charge in [0.15, 0.2) is 5.78 Å². The van der Waals surface area contributed by atoms with Crippen molar-refractivity contribution >= 4 is 11.5 Å². The van der Waals surface area contributed by atoms with Gasteiger partial charge in [-0.2, -0.15) is 0 Å². The van der Waals surface area contributed by atoms with Crippen LogP contribution >= 0.6 is 0 Å².